The maximum Gasteiger partial charge on any atom is 0.250 e. The van der Waals surface area contributed by atoms with Crippen LogP contribution in [0.3, 0.4) is 0 Å². The molecule has 0 amide bonds. The van der Waals surface area contributed by atoms with Crippen LogP contribution in [-0.4, -0.2) is 38.5 Å². The fraction of sp³-hybridized carbons (Fsp3) is 0.350. The lowest BCUT2D eigenvalue weighted by Crippen LogP contribution is -2.28. The van der Waals surface area contributed by atoms with E-state index in [0.29, 0.717) is 23.4 Å². The maximum absolute atomic E-state index is 12.6. The van der Waals surface area contributed by atoms with E-state index in [-0.39, 0.29) is 11.5 Å². The number of hydrogen-bond acceptors (Lipinski definition) is 5. The molecule has 0 saturated heterocycles. The molecule has 2 aromatic rings. The van der Waals surface area contributed by atoms with Crippen molar-refractivity contribution in [1.82, 2.24) is 4.41 Å². The van der Waals surface area contributed by atoms with Gasteiger partial charge in [0.25, 0.3) is 0 Å². The third-order valence-electron chi connectivity index (χ3n) is 4.83. The Morgan fingerprint density at radius 3 is 2.34 bits per heavy atom. The number of aryl methyl sites for hydroxylation is 1. The average Bonchev–Trinajstić information content (AvgIpc) is 3.15. The molecule has 1 atom stereocenters. The van der Waals surface area contributed by atoms with Gasteiger partial charge in [0, 0.05) is 12.1 Å². The monoisotopic (exact) mass is 435 g/mol. The first-order valence-corrected chi connectivity index (χ1v) is 12.7. The van der Waals surface area contributed by atoms with Crippen LogP contribution >= 0.6 is 0 Å². The molecule has 1 heterocycles. The van der Waals surface area contributed by atoms with Crippen molar-refractivity contribution in [3.8, 4) is 0 Å². The smallest absolute Gasteiger partial charge is 0.250 e. The summed E-state index contributed by atoms with van der Waals surface area (Å²) in [6, 6.07) is 14.2. The minimum atomic E-state index is -3.55. The first-order valence-electron chi connectivity index (χ1n) is 9.42. The summed E-state index contributed by atoms with van der Waals surface area (Å²) in [7, 11) is -6.96. The number of nitrogens with one attached hydrogen (secondary N) is 1. The molecule has 1 aliphatic rings. The Bertz CT molecular complexity index is 1120. The lowest BCUT2D eigenvalue weighted by molar-refractivity contribution is 0.372. The molecule has 0 unspecified atom stereocenters. The number of hydrazone groups is 1. The van der Waals surface area contributed by atoms with Crippen molar-refractivity contribution in [1.29, 1.82) is 0 Å². The zero-order valence-electron chi connectivity index (χ0n) is 16.7. The van der Waals surface area contributed by atoms with Gasteiger partial charge in [-0.3, -0.25) is 4.72 Å². The molecule has 1 N–H and O–H groups in total. The highest BCUT2D eigenvalue weighted by molar-refractivity contribution is 7.92. The van der Waals surface area contributed by atoms with E-state index in [9.17, 15) is 16.8 Å². The number of hydrogen-bond donors (Lipinski definition) is 1. The van der Waals surface area contributed by atoms with Gasteiger partial charge in [0.05, 0.1) is 23.3 Å². The van der Waals surface area contributed by atoms with Crippen LogP contribution in [0.2, 0.25) is 0 Å². The van der Waals surface area contributed by atoms with Crippen LogP contribution < -0.4 is 4.72 Å². The first-order chi connectivity index (χ1) is 13.6. The summed E-state index contributed by atoms with van der Waals surface area (Å²) in [4.78, 5) is 0. The largest absolute Gasteiger partial charge is 0.284 e. The normalized spacial score (nSPS) is 17.3. The first kappa shape index (κ1) is 21.3. The van der Waals surface area contributed by atoms with Crippen molar-refractivity contribution >= 4 is 31.4 Å². The summed E-state index contributed by atoms with van der Waals surface area (Å²) in [5, 5.41) is 4.42. The molecule has 0 aromatic heterocycles. The Hall–Kier alpha value is -2.39. The van der Waals surface area contributed by atoms with Crippen LogP contribution in [0, 0.1) is 6.92 Å². The second-order valence-electron chi connectivity index (χ2n) is 6.94. The Balaban J connectivity index is 1.98. The molecule has 0 radical (unpaired) electrons. The van der Waals surface area contributed by atoms with Crippen molar-refractivity contribution < 1.29 is 16.8 Å². The zero-order valence-corrected chi connectivity index (χ0v) is 18.3. The second kappa shape index (κ2) is 8.16. The van der Waals surface area contributed by atoms with Gasteiger partial charge in [-0.25, -0.2) is 16.8 Å². The lowest BCUT2D eigenvalue weighted by atomic mass is 9.98. The Morgan fingerprint density at radius 1 is 1.03 bits per heavy atom. The van der Waals surface area contributed by atoms with E-state index in [0.717, 1.165) is 11.1 Å². The van der Waals surface area contributed by atoms with Gasteiger partial charge in [-0.2, -0.15) is 9.52 Å². The highest BCUT2D eigenvalue weighted by Gasteiger charge is 2.35. The Kier molecular flexibility index (Phi) is 6.00. The number of sulfonamides is 2. The summed E-state index contributed by atoms with van der Waals surface area (Å²) in [5.74, 6) is -0.0846. The van der Waals surface area contributed by atoms with Crippen molar-refractivity contribution in [2.45, 2.75) is 33.2 Å². The minimum Gasteiger partial charge on any atom is -0.284 e. The Labute approximate surface area is 172 Å². The van der Waals surface area contributed by atoms with Crippen LogP contribution in [0.4, 0.5) is 5.69 Å². The van der Waals surface area contributed by atoms with Crippen molar-refractivity contribution in [3.63, 3.8) is 0 Å². The minimum absolute atomic E-state index is 0.0316. The van der Waals surface area contributed by atoms with E-state index in [1.165, 1.54) is 4.41 Å². The summed E-state index contributed by atoms with van der Waals surface area (Å²) in [6.45, 7) is 5.13. The van der Waals surface area contributed by atoms with Gasteiger partial charge in [-0.05, 0) is 44.0 Å². The predicted octanol–water partition coefficient (Wildman–Crippen LogP) is 3.26. The zero-order chi connectivity index (χ0) is 21.2. The highest BCUT2D eigenvalue weighted by Crippen LogP contribution is 2.35. The topological polar surface area (TPSA) is 95.9 Å². The van der Waals surface area contributed by atoms with Crippen LogP contribution in [0.15, 0.2) is 53.6 Å². The molecule has 0 fully saturated rings. The van der Waals surface area contributed by atoms with Gasteiger partial charge in [-0.1, -0.05) is 42.0 Å². The highest BCUT2D eigenvalue weighted by atomic mass is 32.2. The van der Waals surface area contributed by atoms with Gasteiger partial charge >= 0.3 is 0 Å². The molecule has 1 aliphatic heterocycles. The fourth-order valence-electron chi connectivity index (χ4n) is 3.10. The molecule has 9 heteroatoms. The summed E-state index contributed by atoms with van der Waals surface area (Å²) >= 11 is 0. The molecule has 156 valence electrons. The van der Waals surface area contributed by atoms with Crippen LogP contribution in [0.1, 0.15) is 43.0 Å². The third kappa shape index (κ3) is 4.79. The maximum atomic E-state index is 12.6. The quantitative estimate of drug-likeness (QED) is 0.722. The molecule has 7 nitrogen and oxygen atoms in total. The van der Waals surface area contributed by atoms with Crippen LogP contribution in [-0.2, 0) is 20.0 Å². The van der Waals surface area contributed by atoms with Gasteiger partial charge in [0.15, 0.2) is 0 Å². The van der Waals surface area contributed by atoms with Crippen molar-refractivity contribution in [2.24, 2.45) is 5.10 Å². The molecule has 3 rings (SSSR count). The van der Waals surface area contributed by atoms with E-state index >= 15 is 0 Å². The molecule has 0 spiro atoms. The lowest BCUT2D eigenvalue weighted by Gasteiger charge is -2.22. The van der Waals surface area contributed by atoms with E-state index in [1.54, 1.807) is 38.1 Å². The third-order valence-corrected chi connectivity index (χ3v) is 7.78. The summed E-state index contributed by atoms with van der Waals surface area (Å²) in [6.07, 6.45) is 0.409. The van der Waals surface area contributed by atoms with Gasteiger partial charge in [-0.15, -0.1) is 0 Å². The number of rotatable bonds is 7. The van der Waals surface area contributed by atoms with E-state index in [2.05, 4.69) is 9.82 Å². The van der Waals surface area contributed by atoms with E-state index in [4.69, 9.17) is 0 Å². The fourth-order valence-corrected chi connectivity index (χ4v) is 4.80. The Morgan fingerprint density at radius 2 is 1.72 bits per heavy atom. The number of nitrogens with zero attached hydrogens (tertiary/aromatic N) is 2. The molecular weight excluding hydrogens is 410 g/mol. The summed E-state index contributed by atoms with van der Waals surface area (Å²) < 4.78 is 52.7. The average molecular weight is 436 g/mol. The van der Waals surface area contributed by atoms with Crippen LogP contribution in [0.5, 0.6) is 0 Å². The molecule has 0 saturated carbocycles. The number of anilines is 1. The molecular formula is C20H25N3O4S2. The van der Waals surface area contributed by atoms with Crippen molar-refractivity contribution in [2.75, 3.05) is 16.2 Å². The van der Waals surface area contributed by atoms with Gasteiger partial charge in [0.2, 0.25) is 20.0 Å². The van der Waals surface area contributed by atoms with Gasteiger partial charge in [0.1, 0.15) is 0 Å². The molecule has 0 bridgehead atoms. The van der Waals surface area contributed by atoms with E-state index in [1.807, 2.05) is 31.2 Å². The standard InChI is InChI=1S/C20H25N3O4S2/c1-4-28(24,25)22-18-8-6-7-17(13-18)19-14-20(16-11-9-15(3)10-12-16)23(21-19)29(26,27)5-2/h6-13,20,22H,4-5,14H2,1-3H3/t20-/m0/s1. The van der Waals surface area contributed by atoms with E-state index < -0.39 is 26.1 Å². The number of benzene rings is 2. The second-order valence-corrected chi connectivity index (χ2v) is 11.1. The predicted molar refractivity (Wildman–Crippen MR) is 116 cm³/mol. The summed E-state index contributed by atoms with van der Waals surface area (Å²) in [5.41, 5.74) is 3.68. The molecule has 29 heavy (non-hydrogen) atoms. The van der Waals surface area contributed by atoms with Gasteiger partial charge < -0.3 is 0 Å². The van der Waals surface area contributed by atoms with Crippen LogP contribution in [0.25, 0.3) is 0 Å². The SMILES string of the molecule is CCS(=O)(=O)Nc1cccc(C2=NN(S(=O)(=O)CC)[C@H](c3ccc(C)cc3)C2)c1. The molecule has 2 aromatic carbocycles. The molecule has 0 aliphatic carbocycles. The van der Waals surface area contributed by atoms with Crippen molar-refractivity contribution in [3.05, 3.63) is 65.2 Å².